The standard InChI is InChI=1S/C20H32.C8H12O.C8H18.2C2H6/c1-5-7-20-14-18(13-19(20)6-2)11-10-17-9-8-15(3)16(4)12-17;1-4-5-6-7(2)8(3)9;1-4-5-6-7-8(2)3;2*1-2/h8-9,12,18-20H,5-7,10-11,13-14H2,1-4H3;4,6H,1,5H2,2-3H3;8H,4-7H2,1-3H3;2*1-2H3/b;7-6+;;;/t18?,19-,20+;;;;/m0..../s1. The van der Waals surface area contributed by atoms with Gasteiger partial charge in [0.2, 0.25) is 0 Å². The minimum absolute atomic E-state index is 0.136. The Bertz CT molecular complexity index is 769. The zero-order valence-electron chi connectivity index (χ0n) is 30.3. The van der Waals surface area contributed by atoms with Crippen LogP contribution < -0.4 is 0 Å². The largest absolute Gasteiger partial charge is 0.295 e. The molecule has 0 bridgehead atoms. The van der Waals surface area contributed by atoms with Gasteiger partial charge in [-0.05, 0) is 106 Å². The SMILES string of the molecule is C=CC/C=C(\C)C(C)=O.CC.CC.CCCCCC(C)C.CCC[C@@H]1CC(CCc2ccc(C)c(C)c2)C[C@@H]1CC. The van der Waals surface area contributed by atoms with E-state index < -0.39 is 0 Å². The van der Waals surface area contributed by atoms with Crippen LogP contribution >= 0.6 is 0 Å². The Hall–Kier alpha value is -1.63. The molecule has 0 saturated heterocycles. The molecule has 1 fully saturated rings. The number of rotatable bonds is 13. The number of allylic oxidation sites excluding steroid dienone is 3. The van der Waals surface area contributed by atoms with Gasteiger partial charge in [-0.3, -0.25) is 4.79 Å². The number of carbonyl (C=O) groups excluding carboxylic acids is 1. The van der Waals surface area contributed by atoms with Gasteiger partial charge < -0.3 is 0 Å². The fourth-order valence-corrected chi connectivity index (χ4v) is 5.33. The summed E-state index contributed by atoms with van der Waals surface area (Å²) in [6.45, 7) is 30.9. The molecule has 0 heterocycles. The molecular weight excluding hydrogens is 496 g/mol. The topological polar surface area (TPSA) is 17.1 Å². The second kappa shape index (κ2) is 29.8. The van der Waals surface area contributed by atoms with E-state index in [1.54, 1.807) is 18.6 Å². The van der Waals surface area contributed by atoms with Crippen LogP contribution in [0.4, 0.5) is 0 Å². The van der Waals surface area contributed by atoms with Crippen molar-refractivity contribution in [2.24, 2.45) is 23.7 Å². The Morgan fingerprint density at radius 3 is 1.98 bits per heavy atom. The van der Waals surface area contributed by atoms with Crippen LogP contribution in [0.25, 0.3) is 0 Å². The van der Waals surface area contributed by atoms with E-state index in [0.717, 1.165) is 35.7 Å². The van der Waals surface area contributed by atoms with Crippen molar-refractivity contribution in [3.63, 3.8) is 0 Å². The van der Waals surface area contributed by atoms with Gasteiger partial charge in [0.15, 0.2) is 5.78 Å². The van der Waals surface area contributed by atoms with E-state index >= 15 is 0 Å². The van der Waals surface area contributed by atoms with Crippen molar-refractivity contribution in [1.29, 1.82) is 0 Å². The Labute approximate surface area is 260 Å². The fourth-order valence-electron chi connectivity index (χ4n) is 5.33. The van der Waals surface area contributed by atoms with Crippen LogP contribution in [0, 0.1) is 37.5 Å². The Balaban J connectivity index is -0.000000575. The van der Waals surface area contributed by atoms with Gasteiger partial charge in [-0.1, -0.05) is 138 Å². The summed E-state index contributed by atoms with van der Waals surface area (Å²) >= 11 is 0. The van der Waals surface area contributed by atoms with Crippen LogP contribution in [-0.2, 0) is 11.2 Å². The van der Waals surface area contributed by atoms with Crippen molar-refractivity contribution in [1.82, 2.24) is 0 Å². The number of benzene rings is 1. The second-order valence-corrected chi connectivity index (χ2v) is 11.9. The predicted molar refractivity (Wildman–Crippen MR) is 190 cm³/mol. The normalized spacial score (nSPS) is 17.5. The van der Waals surface area contributed by atoms with E-state index in [1.807, 2.05) is 40.7 Å². The summed E-state index contributed by atoms with van der Waals surface area (Å²) in [5, 5.41) is 0. The third kappa shape index (κ3) is 23.6. The highest BCUT2D eigenvalue weighted by Gasteiger charge is 2.31. The summed E-state index contributed by atoms with van der Waals surface area (Å²) in [5.41, 5.74) is 5.22. The average Bonchev–Trinajstić information content (AvgIpc) is 3.37. The fraction of sp³-hybridized carbons (Fsp3) is 0.725. The first-order chi connectivity index (χ1) is 19.6. The Kier molecular flexibility index (Phi) is 31.9. The molecule has 1 aliphatic rings. The van der Waals surface area contributed by atoms with Crippen molar-refractivity contribution in [3.8, 4) is 0 Å². The quantitative estimate of drug-likeness (QED) is 0.131. The zero-order valence-corrected chi connectivity index (χ0v) is 30.3. The summed E-state index contributed by atoms with van der Waals surface area (Å²) in [6.07, 6.45) is 19.9. The summed E-state index contributed by atoms with van der Waals surface area (Å²) < 4.78 is 0. The summed E-state index contributed by atoms with van der Waals surface area (Å²) in [5.74, 6) is 4.06. The molecule has 240 valence electrons. The van der Waals surface area contributed by atoms with Gasteiger partial charge in [0, 0.05) is 0 Å². The lowest BCUT2D eigenvalue weighted by Gasteiger charge is -2.16. The van der Waals surface area contributed by atoms with E-state index in [2.05, 4.69) is 73.2 Å². The highest BCUT2D eigenvalue weighted by atomic mass is 16.1. The minimum atomic E-state index is 0.136. The molecule has 0 aliphatic heterocycles. The van der Waals surface area contributed by atoms with Gasteiger partial charge in [-0.2, -0.15) is 0 Å². The second-order valence-electron chi connectivity index (χ2n) is 11.9. The smallest absolute Gasteiger partial charge is 0.155 e. The third-order valence-electron chi connectivity index (χ3n) is 8.07. The van der Waals surface area contributed by atoms with Gasteiger partial charge in [-0.15, -0.1) is 6.58 Å². The Morgan fingerprint density at radius 2 is 1.51 bits per heavy atom. The molecule has 1 heteroatoms. The summed E-state index contributed by atoms with van der Waals surface area (Å²) in [7, 11) is 0. The van der Waals surface area contributed by atoms with Crippen molar-refractivity contribution in [2.45, 2.75) is 167 Å². The van der Waals surface area contributed by atoms with Gasteiger partial charge in [0.1, 0.15) is 0 Å². The summed E-state index contributed by atoms with van der Waals surface area (Å²) in [4.78, 5) is 10.5. The van der Waals surface area contributed by atoms with Crippen molar-refractivity contribution in [3.05, 3.63) is 59.2 Å². The molecule has 1 aromatic rings. The molecule has 3 atom stereocenters. The molecule has 1 unspecified atom stereocenters. The van der Waals surface area contributed by atoms with Crippen LogP contribution in [0.1, 0.15) is 163 Å². The zero-order chi connectivity index (χ0) is 32.2. The van der Waals surface area contributed by atoms with E-state index in [-0.39, 0.29) is 5.78 Å². The number of aryl methyl sites for hydroxylation is 3. The molecule has 41 heavy (non-hydrogen) atoms. The first kappa shape index (κ1) is 43.8. The molecule has 1 aromatic carbocycles. The van der Waals surface area contributed by atoms with Crippen LogP contribution in [0.15, 0.2) is 42.5 Å². The lowest BCUT2D eigenvalue weighted by Crippen LogP contribution is -2.05. The van der Waals surface area contributed by atoms with Crippen molar-refractivity contribution < 1.29 is 4.79 Å². The van der Waals surface area contributed by atoms with E-state index in [9.17, 15) is 4.79 Å². The molecular formula is C40H74O. The van der Waals surface area contributed by atoms with Gasteiger partial charge in [0.05, 0.1) is 0 Å². The molecule has 0 aromatic heterocycles. The third-order valence-corrected chi connectivity index (χ3v) is 8.07. The maximum absolute atomic E-state index is 10.5. The lowest BCUT2D eigenvalue weighted by molar-refractivity contribution is -0.113. The monoisotopic (exact) mass is 571 g/mol. The van der Waals surface area contributed by atoms with Crippen LogP contribution in [0.3, 0.4) is 0 Å². The number of hydrogen-bond donors (Lipinski definition) is 0. The lowest BCUT2D eigenvalue weighted by atomic mass is 9.90. The highest BCUT2D eigenvalue weighted by Crippen LogP contribution is 2.42. The molecule has 0 amide bonds. The first-order valence-electron chi connectivity index (χ1n) is 17.4. The van der Waals surface area contributed by atoms with Crippen molar-refractivity contribution in [2.75, 3.05) is 0 Å². The number of ketones is 1. The van der Waals surface area contributed by atoms with E-state index in [1.165, 1.54) is 81.8 Å². The predicted octanol–water partition coefficient (Wildman–Crippen LogP) is 13.5. The van der Waals surface area contributed by atoms with Crippen molar-refractivity contribution >= 4 is 5.78 Å². The van der Waals surface area contributed by atoms with Crippen LogP contribution in [0.5, 0.6) is 0 Å². The van der Waals surface area contributed by atoms with Crippen LogP contribution in [-0.4, -0.2) is 5.78 Å². The molecule has 0 spiro atoms. The molecule has 0 radical (unpaired) electrons. The number of hydrogen-bond acceptors (Lipinski definition) is 1. The van der Waals surface area contributed by atoms with Gasteiger partial charge in [-0.25, -0.2) is 0 Å². The maximum Gasteiger partial charge on any atom is 0.155 e. The number of unbranched alkanes of at least 4 members (excludes halogenated alkanes) is 2. The first-order valence-corrected chi connectivity index (χ1v) is 17.4. The van der Waals surface area contributed by atoms with E-state index in [4.69, 9.17) is 0 Å². The maximum atomic E-state index is 10.5. The number of Topliss-reactive ketones (excluding diaryl/α,β-unsaturated/α-hetero) is 1. The molecule has 1 aliphatic carbocycles. The summed E-state index contributed by atoms with van der Waals surface area (Å²) in [6, 6.07) is 7.01. The minimum Gasteiger partial charge on any atom is -0.295 e. The van der Waals surface area contributed by atoms with Gasteiger partial charge in [0.25, 0.3) is 0 Å². The average molecular weight is 571 g/mol. The Morgan fingerprint density at radius 1 is 0.902 bits per heavy atom. The number of carbonyl (C=O) groups is 1. The van der Waals surface area contributed by atoms with Gasteiger partial charge >= 0.3 is 0 Å². The van der Waals surface area contributed by atoms with E-state index in [0.29, 0.717) is 0 Å². The molecule has 2 rings (SSSR count). The molecule has 1 nitrogen and oxygen atoms in total. The molecule has 1 saturated carbocycles. The highest BCUT2D eigenvalue weighted by molar-refractivity contribution is 5.92. The van der Waals surface area contributed by atoms with Crippen LogP contribution in [0.2, 0.25) is 0 Å². The molecule has 0 N–H and O–H groups in total.